The van der Waals surface area contributed by atoms with Crippen LogP contribution < -0.4 is 4.72 Å². The molecule has 0 heterocycles. The fourth-order valence-corrected chi connectivity index (χ4v) is 4.10. The van der Waals surface area contributed by atoms with Gasteiger partial charge in [-0.05, 0) is 48.9 Å². The number of nitrogens with one attached hydrogen (secondary N) is 1. The Morgan fingerprint density at radius 1 is 1.24 bits per heavy atom. The zero-order valence-corrected chi connectivity index (χ0v) is 14.0. The number of carboxylic acids is 1. The fourth-order valence-electron chi connectivity index (χ4n) is 2.39. The molecule has 2 N–H and O–H groups in total. The van der Waals surface area contributed by atoms with Crippen molar-refractivity contribution < 1.29 is 18.3 Å². The van der Waals surface area contributed by atoms with Crippen LogP contribution in [-0.4, -0.2) is 26.0 Å². The predicted octanol–water partition coefficient (Wildman–Crippen LogP) is 2.17. The van der Waals surface area contributed by atoms with Gasteiger partial charge in [-0.3, -0.25) is 4.79 Å². The molecule has 1 rings (SSSR count). The van der Waals surface area contributed by atoms with Crippen molar-refractivity contribution in [2.24, 2.45) is 5.92 Å². The van der Waals surface area contributed by atoms with Gasteiger partial charge in [0.1, 0.15) is 0 Å². The van der Waals surface area contributed by atoms with Gasteiger partial charge in [-0.1, -0.05) is 19.9 Å². The summed E-state index contributed by atoms with van der Waals surface area (Å²) in [6, 6.07) is 1.73. The van der Waals surface area contributed by atoms with E-state index in [1.807, 2.05) is 13.8 Å². The van der Waals surface area contributed by atoms with Crippen LogP contribution in [0.4, 0.5) is 0 Å². The second kappa shape index (κ2) is 6.58. The molecule has 0 spiro atoms. The number of aliphatic carboxylic acids is 1. The van der Waals surface area contributed by atoms with Crippen molar-refractivity contribution in [3.8, 4) is 0 Å². The normalized spacial score (nSPS) is 11.9. The minimum absolute atomic E-state index is 0.176. The Labute approximate surface area is 126 Å². The molecule has 0 aliphatic heterocycles. The van der Waals surface area contributed by atoms with E-state index in [1.54, 1.807) is 26.8 Å². The van der Waals surface area contributed by atoms with Crippen molar-refractivity contribution in [2.75, 3.05) is 6.54 Å². The van der Waals surface area contributed by atoms with Crippen LogP contribution in [0.15, 0.2) is 11.0 Å². The Balaban J connectivity index is 3.39. The van der Waals surface area contributed by atoms with E-state index in [0.29, 0.717) is 23.2 Å². The number of carboxylic acid groups (broad SMARTS) is 1. The van der Waals surface area contributed by atoms with E-state index in [4.69, 9.17) is 5.11 Å². The summed E-state index contributed by atoms with van der Waals surface area (Å²) in [5.41, 5.74) is 2.52. The van der Waals surface area contributed by atoms with Crippen molar-refractivity contribution in [2.45, 2.75) is 45.9 Å². The lowest BCUT2D eigenvalue weighted by atomic mass is 9.97. The fraction of sp³-hybridized carbons (Fsp3) is 0.533. The van der Waals surface area contributed by atoms with E-state index in [0.717, 1.165) is 5.56 Å². The van der Waals surface area contributed by atoms with E-state index < -0.39 is 16.0 Å². The third kappa shape index (κ3) is 4.28. The molecule has 118 valence electrons. The highest BCUT2D eigenvalue weighted by atomic mass is 32.2. The van der Waals surface area contributed by atoms with Crippen LogP contribution in [0, 0.1) is 26.7 Å². The first-order chi connectivity index (χ1) is 9.56. The lowest BCUT2D eigenvalue weighted by Gasteiger charge is -2.17. The molecule has 5 nitrogen and oxygen atoms in total. The Morgan fingerprint density at radius 3 is 2.29 bits per heavy atom. The van der Waals surface area contributed by atoms with Crippen molar-refractivity contribution in [3.63, 3.8) is 0 Å². The highest BCUT2D eigenvalue weighted by molar-refractivity contribution is 7.89. The van der Waals surface area contributed by atoms with E-state index in [9.17, 15) is 13.2 Å². The van der Waals surface area contributed by atoms with Crippen LogP contribution in [0.25, 0.3) is 0 Å². The molecule has 0 saturated heterocycles. The highest BCUT2D eigenvalue weighted by Crippen LogP contribution is 2.26. The summed E-state index contributed by atoms with van der Waals surface area (Å²) < 4.78 is 27.5. The monoisotopic (exact) mass is 313 g/mol. The van der Waals surface area contributed by atoms with Crippen LogP contribution in [0.1, 0.15) is 36.1 Å². The maximum absolute atomic E-state index is 12.5. The van der Waals surface area contributed by atoms with Crippen LogP contribution in [-0.2, 0) is 21.2 Å². The summed E-state index contributed by atoms with van der Waals surface area (Å²) in [6.07, 6.45) is -0.176. The smallest absolute Gasteiger partial charge is 0.307 e. The molecule has 0 saturated carbocycles. The second-order valence-corrected chi connectivity index (χ2v) is 7.46. The Kier molecular flexibility index (Phi) is 5.53. The number of hydrogen-bond donors (Lipinski definition) is 2. The Bertz CT molecular complexity index is 648. The van der Waals surface area contributed by atoms with Crippen LogP contribution in [0.2, 0.25) is 0 Å². The molecular weight excluding hydrogens is 290 g/mol. The van der Waals surface area contributed by atoms with Gasteiger partial charge >= 0.3 is 5.97 Å². The van der Waals surface area contributed by atoms with Gasteiger partial charge in [-0.2, -0.15) is 0 Å². The molecule has 0 aliphatic carbocycles. The first-order valence-electron chi connectivity index (χ1n) is 6.87. The third-order valence-electron chi connectivity index (χ3n) is 3.34. The lowest BCUT2D eigenvalue weighted by Crippen LogP contribution is -2.29. The van der Waals surface area contributed by atoms with Crippen LogP contribution in [0.5, 0.6) is 0 Å². The summed E-state index contributed by atoms with van der Waals surface area (Å²) in [5.74, 6) is -0.770. The second-order valence-electron chi connectivity index (χ2n) is 5.76. The zero-order chi connectivity index (χ0) is 16.4. The topological polar surface area (TPSA) is 83.5 Å². The van der Waals surface area contributed by atoms with E-state index in [-0.39, 0.29) is 17.2 Å². The van der Waals surface area contributed by atoms with Gasteiger partial charge in [0.15, 0.2) is 0 Å². The first-order valence-corrected chi connectivity index (χ1v) is 8.35. The molecular formula is C15H23NO4S. The molecule has 0 atom stereocenters. The molecule has 0 amide bonds. The van der Waals surface area contributed by atoms with Gasteiger partial charge < -0.3 is 5.11 Å². The predicted molar refractivity (Wildman–Crippen MR) is 82.0 cm³/mol. The zero-order valence-electron chi connectivity index (χ0n) is 13.1. The lowest BCUT2D eigenvalue weighted by molar-refractivity contribution is -0.136. The van der Waals surface area contributed by atoms with Crippen molar-refractivity contribution in [1.82, 2.24) is 4.72 Å². The quantitative estimate of drug-likeness (QED) is 0.843. The van der Waals surface area contributed by atoms with E-state index in [2.05, 4.69) is 4.72 Å². The molecule has 6 heteroatoms. The molecule has 0 aromatic heterocycles. The average Bonchev–Trinajstić information content (AvgIpc) is 2.31. The number of carbonyl (C=O) groups is 1. The summed E-state index contributed by atoms with van der Waals surface area (Å²) in [7, 11) is -3.63. The van der Waals surface area contributed by atoms with Gasteiger partial charge in [-0.15, -0.1) is 0 Å². The molecule has 0 bridgehead atoms. The van der Waals surface area contributed by atoms with Crippen molar-refractivity contribution >= 4 is 16.0 Å². The van der Waals surface area contributed by atoms with Gasteiger partial charge in [0, 0.05) is 6.54 Å². The summed E-state index contributed by atoms with van der Waals surface area (Å²) in [4.78, 5) is 11.2. The van der Waals surface area contributed by atoms with Gasteiger partial charge in [0.2, 0.25) is 10.0 Å². The molecule has 21 heavy (non-hydrogen) atoms. The Hall–Kier alpha value is -1.40. The third-order valence-corrected chi connectivity index (χ3v) is 5.05. The van der Waals surface area contributed by atoms with Crippen LogP contribution in [0.3, 0.4) is 0 Å². The van der Waals surface area contributed by atoms with Crippen molar-refractivity contribution in [3.05, 3.63) is 28.3 Å². The molecule has 0 aliphatic rings. The molecule has 1 aromatic carbocycles. The summed E-state index contributed by atoms with van der Waals surface area (Å²) in [5, 5.41) is 8.99. The van der Waals surface area contributed by atoms with E-state index in [1.165, 1.54) is 0 Å². The number of aryl methyl sites for hydroxylation is 2. The van der Waals surface area contributed by atoms with Gasteiger partial charge in [0.25, 0.3) is 0 Å². The summed E-state index contributed by atoms with van der Waals surface area (Å²) in [6.45, 7) is 9.40. The van der Waals surface area contributed by atoms with Crippen LogP contribution >= 0.6 is 0 Å². The number of rotatable bonds is 6. The van der Waals surface area contributed by atoms with E-state index >= 15 is 0 Å². The average molecular weight is 313 g/mol. The molecule has 0 unspecified atom stereocenters. The Morgan fingerprint density at radius 2 is 1.81 bits per heavy atom. The number of benzene rings is 1. The largest absolute Gasteiger partial charge is 0.481 e. The SMILES string of the molecule is Cc1cc(C)c(S(=O)(=O)NCC(C)C)c(C)c1CC(=O)O. The van der Waals surface area contributed by atoms with Gasteiger partial charge in [-0.25, -0.2) is 13.1 Å². The summed E-state index contributed by atoms with van der Waals surface area (Å²) >= 11 is 0. The van der Waals surface area contributed by atoms with Crippen molar-refractivity contribution in [1.29, 1.82) is 0 Å². The minimum Gasteiger partial charge on any atom is -0.481 e. The van der Waals surface area contributed by atoms with Gasteiger partial charge in [0.05, 0.1) is 11.3 Å². The maximum atomic E-state index is 12.5. The highest BCUT2D eigenvalue weighted by Gasteiger charge is 2.23. The maximum Gasteiger partial charge on any atom is 0.307 e. The molecule has 1 aromatic rings. The first kappa shape index (κ1) is 17.7. The molecule has 0 radical (unpaired) electrons. The number of hydrogen-bond acceptors (Lipinski definition) is 3. The minimum atomic E-state index is -3.63. The number of sulfonamides is 1. The standard InChI is InChI=1S/C15H23NO4S/c1-9(2)8-16-21(19,20)15-11(4)6-10(3)13(12(15)5)7-14(17)18/h6,9,16H,7-8H2,1-5H3,(H,17,18). The molecule has 0 fully saturated rings.